The van der Waals surface area contributed by atoms with E-state index in [1.807, 2.05) is 0 Å². The Kier molecular flexibility index (Phi) is 3.62. The molecule has 0 fully saturated rings. The molecule has 1 aromatic heterocycles. The lowest BCUT2D eigenvalue weighted by atomic mass is 9.97. The summed E-state index contributed by atoms with van der Waals surface area (Å²) in [5.41, 5.74) is 0. The molecule has 0 bridgehead atoms. The van der Waals surface area contributed by atoms with E-state index >= 15 is 0 Å². The molecule has 1 unspecified atom stereocenters. The zero-order valence-corrected chi connectivity index (χ0v) is 10.7. The molecular weight excluding hydrogens is 198 g/mol. The molecule has 0 radical (unpaired) electrons. The number of hydrogen-bond acceptors (Lipinski definition) is 2. The van der Waals surface area contributed by atoms with Gasteiger partial charge in [0.05, 0.1) is 0 Å². The van der Waals surface area contributed by atoms with E-state index < -0.39 is 0 Å². The van der Waals surface area contributed by atoms with Gasteiger partial charge in [-0.1, -0.05) is 27.2 Å². The second-order valence-corrected chi connectivity index (χ2v) is 5.12. The summed E-state index contributed by atoms with van der Waals surface area (Å²) < 4.78 is 2.38. The van der Waals surface area contributed by atoms with Crippen LogP contribution in [-0.4, -0.2) is 14.8 Å². The number of aromatic nitrogens is 3. The first-order valence-electron chi connectivity index (χ1n) is 6.68. The topological polar surface area (TPSA) is 30.7 Å². The molecule has 16 heavy (non-hydrogen) atoms. The summed E-state index contributed by atoms with van der Waals surface area (Å²) in [5.74, 6) is 3.84. The maximum absolute atomic E-state index is 4.44. The van der Waals surface area contributed by atoms with Crippen molar-refractivity contribution in [3.63, 3.8) is 0 Å². The Bertz CT molecular complexity index is 343. The molecule has 0 N–H and O–H groups in total. The fourth-order valence-corrected chi connectivity index (χ4v) is 2.67. The minimum atomic E-state index is 0.611. The second kappa shape index (κ2) is 4.98. The smallest absolute Gasteiger partial charge is 0.136 e. The average molecular weight is 221 g/mol. The zero-order chi connectivity index (χ0) is 11.5. The van der Waals surface area contributed by atoms with Crippen LogP contribution in [0.2, 0.25) is 0 Å². The second-order valence-electron chi connectivity index (χ2n) is 5.12. The average Bonchev–Trinajstić information content (AvgIpc) is 2.68. The van der Waals surface area contributed by atoms with Crippen LogP contribution in [-0.2, 0) is 13.0 Å². The largest absolute Gasteiger partial charge is 0.315 e. The normalized spacial score (nSPS) is 21.8. The summed E-state index contributed by atoms with van der Waals surface area (Å²) >= 11 is 0. The lowest BCUT2D eigenvalue weighted by Gasteiger charge is -2.22. The van der Waals surface area contributed by atoms with Crippen LogP contribution >= 0.6 is 0 Å². The molecular formula is C13H23N3. The molecule has 0 spiro atoms. The summed E-state index contributed by atoms with van der Waals surface area (Å²) in [7, 11) is 0. The summed E-state index contributed by atoms with van der Waals surface area (Å²) in [6, 6.07) is 0. The maximum Gasteiger partial charge on any atom is 0.136 e. The van der Waals surface area contributed by atoms with Crippen molar-refractivity contribution in [2.24, 2.45) is 5.92 Å². The molecule has 1 aromatic rings. The van der Waals surface area contributed by atoms with Crippen molar-refractivity contribution in [1.82, 2.24) is 14.8 Å². The van der Waals surface area contributed by atoms with Crippen LogP contribution < -0.4 is 0 Å². The van der Waals surface area contributed by atoms with E-state index in [-0.39, 0.29) is 0 Å². The predicted octanol–water partition coefficient (Wildman–Crippen LogP) is 3.15. The van der Waals surface area contributed by atoms with E-state index in [1.54, 1.807) is 0 Å². The fourth-order valence-electron chi connectivity index (χ4n) is 2.67. The van der Waals surface area contributed by atoms with Crippen LogP contribution in [0, 0.1) is 5.92 Å². The van der Waals surface area contributed by atoms with Gasteiger partial charge in [-0.3, -0.25) is 0 Å². The molecule has 0 aromatic carbocycles. The summed E-state index contributed by atoms with van der Waals surface area (Å²) in [6.45, 7) is 7.94. The Morgan fingerprint density at radius 3 is 2.88 bits per heavy atom. The first-order valence-corrected chi connectivity index (χ1v) is 6.68. The number of rotatable bonds is 4. The molecule has 3 heteroatoms. The van der Waals surface area contributed by atoms with E-state index in [9.17, 15) is 0 Å². The standard InChI is InChI=1S/C13H23N3/c1-4-6-11(5-2)13-15-14-12-9-10(3)7-8-16(12)13/h10-11H,4-9H2,1-3H3/t10?,11-/m1/s1. The van der Waals surface area contributed by atoms with Gasteiger partial charge in [-0.05, 0) is 25.2 Å². The van der Waals surface area contributed by atoms with Crippen LogP contribution in [0.25, 0.3) is 0 Å². The molecule has 3 nitrogen and oxygen atoms in total. The molecule has 2 atom stereocenters. The molecule has 2 rings (SSSR count). The third-order valence-corrected chi connectivity index (χ3v) is 3.73. The highest BCUT2D eigenvalue weighted by atomic mass is 15.3. The van der Waals surface area contributed by atoms with Crippen LogP contribution in [0.4, 0.5) is 0 Å². The first kappa shape index (κ1) is 11.6. The minimum absolute atomic E-state index is 0.611. The van der Waals surface area contributed by atoms with Gasteiger partial charge in [0, 0.05) is 18.9 Å². The van der Waals surface area contributed by atoms with Crippen LogP contribution in [0.15, 0.2) is 0 Å². The highest BCUT2D eigenvalue weighted by Crippen LogP contribution is 2.27. The van der Waals surface area contributed by atoms with Crippen molar-refractivity contribution in [3.8, 4) is 0 Å². The highest BCUT2D eigenvalue weighted by Gasteiger charge is 2.23. The Hall–Kier alpha value is -0.860. The Morgan fingerprint density at radius 1 is 1.38 bits per heavy atom. The van der Waals surface area contributed by atoms with E-state index in [2.05, 4.69) is 35.5 Å². The van der Waals surface area contributed by atoms with E-state index in [1.165, 1.54) is 37.3 Å². The Balaban J connectivity index is 2.22. The van der Waals surface area contributed by atoms with Gasteiger partial charge in [-0.2, -0.15) is 0 Å². The monoisotopic (exact) mass is 221 g/mol. The lowest BCUT2D eigenvalue weighted by molar-refractivity contribution is 0.392. The highest BCUT2D eigenvalue weighted by molar-refractivity contribution is 5.04. The van der Waals surface area contributed by atoms with Crippen molar-refractivity contribution in [2.45, 2.75) is 65.3 Å². The Labute approximate surface area is 98.3 Å². The van der Waals surface area contributed by atoms with Gasteiger partial charge in [-0.25, -0.2) is 0 Å². The number of fused-ring (bicyclic) bond motifs is 1. The van der Waals surface area contributed by atoms with E-state index in [0.717, 1.165) is 18.9 Å². The summed E-state index contributed by atoms with van der Waals surface area (Å²) in [4.78, 5) is 0. The van der Waals surface area contributed by atoms with Gasteiger partial charge in [0.25, 0.3) is 0 Å². The Morgan fingerprint density at radius 2 is 2.19 bits per heavy atom. The quantitative estimate of drug-likeness (QED) is 0.782. The fraction of sp³-hybridized carbons (Fsp3) is 0.846. The van der Waals surface area contributed by atoms with Crippen molar-refractivity contribution >= 4 is 0 Å². The SMILES string of the molecule is CCC[C@@H](CC)c1nnc2n1CCC(C)C2. The number of hydrogen-bond donors (Lipinski definition) is 0. The van der Waals surface area contributed by atoms with Crippen molar-refractivity contribution in [2.75, 3.05) is 0 Å². The molecule has 0 amide bonds. The van der Waals surface area contributed by atoms with E-state index in [0.29, 0.717) is 5.92 Å². The van der Waals surface area contributed by atoms with Crippen molar-refractivity contribution < 1.29 is 0 Å². The third-order valence-electron chi connectivity index (χ3n) is 3.73. The molecule has 2 heterocycles. The van der Waals surface area contributed by atoms with Gasteiger partial charge >= 0.3 is 0 Å². The van der Waals surface area contributed by atoms with Crippen molar-refractivity contribution in [3.05, 3.63) is 11.6 Å². The van der Waals surface area contributed by atoms with Gasteiger partial charge in [0.1, 0.15) is 11.6 Å². The molecule has 0 saturated carbocycles. The summed E-state index contributed by atoms with van der Waals surface area (Å²) in [5, 5.41) is 8.81. The van der Waals surface area contributed by atoms with Gasteiger partial charge in [0.2, 0.25) is 0 Å². The molecule has 0 saturated heterocycles. The maximum atomic E-state index is 4.44. The lowest BCUT2D eigenvalue weighted by Crippen LogP contribution is -2.20. The molecule has 0 aliphatic carbocycles. The van der Waals surface area contributed by atoms with Crippen LogP contribution in [0.5, 0.6) is 0 Å². The molecule has 90 valence electrons. The van der Waals surface area contributed by atoms with E-state index in [4.69, 9.17) is 0 Å². The van der Waals surface area contributed by atoms with Crippen LogP contribution in [0.3, 0.4) is 0 Å². The minimum Gasteiger partial charge on any atom is -0.315 e. The summed E-state index contributed by atoms with van der Waals surface area (Å²) in [6.07, 6.45) is 6.04. The van der Waals surface area contributed by atoms with Crippen LogP contribution in [0.1, 0.15) is 64.0 Å². The molecule has 1 aliphatic rings. The third kappa shape index (κ3) is 2.13. The number of nitrogens with zero attached hydrogens (tertiary/aromatic N) is 3. The van der Waals surface area contributed by atoms with Gasteiger partial charge < -0.3 is 4.57 Å². The molecule has 1 aliphatic heterocycles. The van der Waals surface area contributed by atoms with Crippen molar-refractivity contribution in [1.29, 1.82) is 0 Å². The van der Waals surface area contributed by atoms with Gasteiger partial charge in [-0.15, -0.1) is 10.2 Å². The first-order chi connectivity index (χ1) is 7.76. The zero-order valence-electron chi connectivity index (χ0n) is 10.7. The van der Waals surface area contributed by atoms with Gasteiger partial charge in [0.15, 0.2) is 0 Å². The predicted molar refractivity (Wildman–Crippen MR) is 65.4 cm³/mol.